The summed E-state index contributed by atoms with van der Waals surface area (Å²) in [5, 5.41) is 19.7. The highest BCUT2D eigenvalue weighted by atomic mass is 16.5. The van der Waals surface area contributed by atoms with E-state index in [9.17, 15) is 15.0 Å². The molecule has 0 aromatic rings. The van der Waals surface area contributed by atoms with Crippen molar-refractivity contribution in [2.45, 2.75) is 51.7 Å². The molecule has 0 aromatic heterocycles. The van der Waals surface area contributed by atoms with Crippen LogP contribution in [0, 0.1) is 22.7 Å². The van der Waals surface area contributed by atoms with Gasteiger partial charge in [0.2, 0.25) is 0 Å². The van der Waals surface area contributed by atoms with Gasteiger partial charge >= 0.3 is 5.97 Å². The Hall–Kier alpha value is -0.870. The SMILES string of the molecule is COC(=O)/C(C)=C/C12CC3CC(C1)CC(C(O)O)(C3)C2. The van der Waals surface area contributed by atoms with Gasteiger partial charge in [0.1, 0.15) is 0 Å². The van der Waals surface area contributed by atoms with Gasteiger partial charge in [-0.3, -0.25) is 0 Å². The van der Waals surface area contributed by atoms with Crippen molar-refractivity contribution in [3.8, 4) is 0 Å². The summed E-state index contributed by atoms with van der Waals surface area (Å²) in [6.45, 7) is 1.80. The van der Waals surface area contributed by atoms with Gasteiger partial charge in [-0.1, -0.05) is 6.08 Å². The van der Waals surface area contributed by atoms with Crippen LogP contribution < -0.4 is 0 Å². The van der Waals surface area contributed by atoms with Gasteiger partial charge in [-0.05, 0) is 62.7 Å². The Kier molecular flexibility index (Phi) is 3.22. The molecule has 4 aliphatic carbocycles. The first-order chi connectivity index (χ1) is 9.38. The molecule has 4 heteroatoms. The van der Waals surface area contributed by atoms with E-state index in [2.05, 4.69) is 6.08 Å². The fourth-order valence-corrected chi connectivity index (χ4v) is 5.56. The van der Waals surface area contributed by atoms with Crippen LogP contribution >= 0.6 is 0 Å². The lowest BCUT2D eigenvalue weighted by Gasteiger charge is -2.62. The predicted octanol–water partition coefficient (Wildman–Crippen LogP) is 2.00. The molecule has 0 amide bonds. The number of hydrogen-bond donors (Lipinski definition) is 2. The van der Waals surface area contributed by atoms with Gasteiger partial charge in [-0.2, -0.15) is 0 Å². The summed E-state index contributed by atoms with van der Waals surface area (Å²) >= 11 is 0. The number of esters is 1. The lowest BCUT2D eigenvalue weighted by atomic mass is 9.44. The number of carbonyl (C=O) groups is 1. The highest BCUT2D eigenvalue weighted by molar-refractivity contribution is 5.87. The van der Waals surface area contributed by atoms with Crippen molar-refractivity contribution in [3.05, 3.63) is 11.6 Å². The largest absolute Gasteiger partial charge is 0.466 e. The Balaban J connectivity index is 1.93. The van der Waals surface area contributed by atoms with Crippen molar-refractivity contribution >= 4 is 5.97 Å². The van der Waals surface area contributed by atoms with E-state index in [4.69, 9.17) is 4.74 Å². The zero-order valence-corrected chi connectivity index (χ0v) is 12.3. The Morgan fingerprint density at radius 3 is 2.35 bits per heavy atom. The van der Waals surface area contributed by atoms with Gasteiger partial charge in [-0.15, -0.1) is 0 Å². The van der Waals surface area contributed by atoms with Crippen molar-refractivity contribution in [2.75, 3.05) is 7.11 Å². The summed E-state index contributed by atoms with van der Waals surface area (Å²) in [6.07, 6.45) is 6.83. The molecule has 0 heterocycles. The quantitative estimate of drug-likeness (QED) is 0.471. The monoisotopic (exact) mass is 280 g/mol. The Bertz CT molecular complexity index is 437. The molecule has 4 bridgehead atoms. The molecular weight excluding hydrogens is 256 g/mol. The minimum Gasteiger partial charge on any atom is -0.466 e. The number of hydrogen-bond acceptors (Lipinski definition) is 4. The summed E-state index contributed by atoms with van der Waals surface area (Å²) in [7, 11) is 1.40. The fourth-order valence-electron chi connectivity index (χ4n) is 5.56. The summed E-state index contributed by atoms with van der Waals surface area (Å²) in [4.78, 5) is 11.7. The maximum Gasteiger partial charge on any atom is 0.333 e. The zero-order chi connectivity index (χ0) is 14.5. The van der Waals surface area contributed by atoms with Crippen molar-refractivity contribution in [1.82, 2.24) is 0 Å². The summed E-state index contributed by atoms with van der Waals surface area (Å²) in [5.74, 6) is 0.860. The first-order valence-electron chi connectivity index (χ1n) is 7.52. The van der Waals surface area contributed by atoms with E-state index in [1.54, 1.807) is 6.92 Å². The number of methoxy groups -OCH3 is 1. The molecular formula is C16H24O4. The minimum absolute atomic E-state index is 0.0356. The standard InChI is InChI=1S/C16H24O4/c1-10(13(17)20-2)4-15-5-11-3-12(6-15)8-16(7-11,9-15)14(18)19/h4,11-12,14,18-19H,3,5-9H2,1-2H3/b10-4+. The molecule has 112 valence electrons. The van der Waals surface area contributed by atoms with E-state index in [1.165, 1.54) is 13.5 Å². The van der Waals surface area contributed by atoms with Gasteiger partial charge in [-0.25, -0.2) is 4.79 Å². The van der Waals surface area contributed by atoms with Gasteiger partial charge in [0, 0.05) is 11.0 Å². The second-order valence-electron chi connectivity index (χ2n) is 7.38. The van der Waals surface area contributed by atoms with Gasteiger partial charge in [0.15, 0.2) is 6.29 Å². The molecule has 0 aromatic carbocycles. The van der Waals surface area contributed by atoms with Gasteiger partial charge < -0.3 is 14.9 Å². The molecule has 20 heavy (non-hydrogen) atoms. The summed E-state index contributed by atoms with van der Waals surface area (Å²) < 4.78 is 4.79. The van der Waals surface area contributed by atoms with E-state index in [-0.39, 0.29) is 16.8 Å². The molecule has 2 N–H and O–H groups in total. The maximum atomic E-state index is 11.7. The summed E-state index contributed by atoms with van der Waals surface area (Å²) in [6, 6.07) is 0. The van der Waals surface area contributed by atoms with E-state index in [0.717, 1.165) is 32.1 Å². The second kappa shape index (κ2) is 4.57. The second-order valence-corrected chi connectivity index (χ2v) is 7.38. The van der Waals surface area contributed by atoms with Crippen LogP contribution in [0.15, 0.2) is 11.6 Å². The highest BCUT2D eigenvalue weighted by Gasteiger charge is 2.59. The number of carbonyl (C=O) groups excluding carboxylic acids is 1. The number of allylic oxidation sites excluding steroid dienone is 1. The topological polar surface area (TPSA) is 66.8 Å². The van der Waals surface area contributed by atoms with Crippen LogP contribution in [0.2, 0.25) is 0 Å². The number of ether oxygens (including phenoxy) is 1. The smallest absolute Gasteiger partial charge is 0.333 e. The van der Waals surface area contributed by atoms with E-state index >= 15 is 0 Å². The van der Waals surface area contributed by atoms with E-state index in [1.807, 2.05) is 0 Å². The lowest BCUT2D eigenvalue weighted by Crippen LogP contribution is -2.55. The summed E-state index contributed by atoms with van der Waals surface area (Å²) in [5.41, 5.74) is 0.264. The number of aliphatic hydroxyl groups is 2. The molecule has 4 saturated carbocycles. The fraction of sp³-hybridized carbons (Fsp3) is 0.812. The average molecular weight is 280 g/mol. The molecule has 0 radical (unpaired) electrons. The first kappa shape index (κ1) is 14.1. The van der Waals surface area contributed by atoms with Crippen LogP contribution in [0.4, 0.5) is 0 Å². The lowest BCUT2D eigenvalue weighted by molar-refractivity contribution is -0.216. The maximum absolute atomic E-state index is 11.7. The molecule has 0 spiro atoms. The number of aliphatic hydroxyl groups excluding tert-OH is 1. The van der Waals surface area contributed by atoms with Crippen molar-refractivity contribution in [2.24, 2.45) is 22.7 Å². The molecule has 4 aliphatic rings. The minimum atomic E-state index is -1.24. The molecule has 2 unspecified atom stereocenters. The van der Waals surface area contributed by atoms with Crippen LogP contribution in [-0.4, -0.2) is 29.6 Å². The number of rotatable bonds is 3. The third kappa shape index (κ3) is 2.09. The molecule has 0 aliphatic heterocycles. The van der Waals surface area contributed by atoms with E-state index in [0.29, 0.717) is 17.4 Å². The molecule has 4 fully saturated rings. The van der Waals surface area contributed by atoms with Crippen molar-refractivity contribution in [3.63, 3.8) is 0 Å². The molecule has 4 nitrogen and oxygen atoms in total. The first-order valence-corrected chi connectivity index (χ1v) is 7.52. The van der Waals surface area contributed by atoms with Crippen LogP contribution in [0.25, 0.3) is 0 Å². The Morgan fingerprint density at radius 1 is 1.25 bits per heavy atom. The van der Waals surface area contributed by atoms with Gasteiger partial charge in [0.25, 0.3) is 0 Å². The van der Waals surface area contributed by atoms with Gasteiger partial charge in [0.05, 0.1) is 7.11 Å². The predicted molar refractivity (Wildman–Crippen MR) is 73.5 cm³/mol. The van der Waals surface area contributed by atoms with Crippen LogP contribution in [0.5, 0.6) is 0 Å². The average Bonchev–Trinajstić information content (AvgIpc) is 2.35. The Labute approximate surface area is 119 Å². The third-order valence-electron chi connectivity index (χ3n) is 5.73. The van der Waals surface area contributed by atoms with Crippen LogP contribution in [0.3, 0.4) is 0 Å². The van der Waals surface area contributed by atoms with Crippen LogP contribution in [-0.2, 0) is 9.53 Å². The normalized spacial score (nSPS) is 43.1. The zero-order valence-electron chi connectivity index (χ0n) is 12.3. The highest BCUT2D eigenvalue weighted by Crippen LogP contribution is 2.66. The Morgan fingerprint density at radius 2 is 1.85 bits per heavy atom. The molecule has 0 saturated heterocycles. The van der Waals surface area contributed by atoms with Crippen molar-refractivity contribution in [1.29, 1.82) is 0 Å². The van der Waals surface area contributed by atoms with E-state index < -0.39 is 6.29 Å². The molecule has 4 rings (SSSR count). The van der Waals surface area contributed by atoms with Crippen LogP contribution in [0.1, 0.15) is 45.4 Å². The molecule has 2 atom stereocenters. The van der Waals surface area contributed by atoms with Crippen molar-refractivity contribution < 1.29 is 19.7 Å². The third-order valence-corrected chi connectivity index (χ3v) is 5.73.